The van der Waals surface area contributed by atoms with E-state index >= 15 is 0 Å². The van der Waals surface area contributed by atoms with Gasteiger partial charge in [0.05, 0.1) is 6.04 Å². The van der Waals surface area contributed by atoms with E-state index in [1.54, 1.807) is 0 Å². The Bertz CT molecular complexity index is 2320. The van der Waals surface area contributed by atoms with Crippen molar-refractivity contribution in [3.05, 3.63) is 196 Å². The molecule has 0 bridgehead atoms. The first-order valence-electron chi connectivity index (χ1n) is 18.7. The number of anilines is 3. The molecule has 0 N–H and O–H groups in total. The first-order chi connectivity index (χ1) is 24.8. The minimum absolute atomic E-state index is 0.0930. The third kappa shape index (κ3) is 4.37. The number of rotatable bonds is 5. The summed E-state index contributed by atoms with van der Waals surface area (Å²) in [4.78, 5) is 5.32. The predicted octanol–water partition coefficient (Wildman–Crippen LogP) is 9.98. The molecule has 2 nitrogen and oxygen atoms in total. The van der Waals surface area contributed by atoms with Crippen LogP contribution >= 0.6 is 0 Å². The molecule has 5 aliphatic rings. The summed E-state index contributed by atoms with van der Waals surface area (Å²) in [7, 11) is 0. The molecule has 0 saturated carbocycles. The van der Waals surface area contributed by atoms with Crippen LogP contribution in [0.2, 0.25) is 0 Å². The van der Waals surface area contributed by atoms with E-state index in [1.165, 1.54) is 72.7 Å². The number of fused-ring (bicyclic) bond motifs is 7. The lowest BCUT2D eigenvalue weighted by atomic mass is 9.32. The highest BCUT2D eigenvalue weighted by Gasteiger charge is 2.51. The maximum Gasteiger partial charge on any atom is 0.251 e. The molecule has 3 heteroatoms. The minimum Gasteiger partial charge on any atom is -0.334 e. The van der Waals surface area contributed by atoms with Gasteiger partial charge >= 0.3 is 0 Å². The van der Waals surface area contributed by atoms with E-state index in [0.717, 1.165) is 12.8 Å². The van der Waals surface area contributed by atoms with Gasteiger partial charge in [0.25, 0.3) is 6.71 Å². The summed E-state index contributed by atoms with van der Waals surface area (Å²) in [5, 5.41) is 0. The van der Waals surface area contributed by atoms with Crippen molar-refractivity contribution in [1.29, 1.82) is 0 Å². The summed E-state index contributed by atoms with van der Waals surface area (Å²) < 4.78 is 0. The maximum atomic E-state index is 2.70. The smallest absolute Gasteiger partial charge is 0.251 e. The van der Waals surface area contributed by atoms with E-state index in [2.05, 4.69) is 189 Å². The Kier molecular flexibility index (Phi) is 6.65. The third-order valence-corrected chi connectivity index (χ3v) is 12.7. The second-order valence-corrected chi connectivity index (χ2v) is 16.0. The maximum absolute atomic E-state index is 2.70. The Hall–Kier alpha value is -5.28. The van der Waals surface area contributed by atoms with E-state index in [0.29, 0.717) is 12.0 Å². The van der Waals surface area contributed by atoms with Crippen LogP contribution < -0.4 is 20.7 Å². The molecule has 0 radical (unpaired) electrons. The van der Waals surface area contributed by atoms with Crippen LogP contribution in [0, 0.1) is 0 Å². The summed E-state index contributed by atoms with van der Waals surface area (Å²) in [5.41, 5.74) is 17.8. The molecule has 2 unspecified atom stereocenters. The topological polar surface area (TPSA) is 6.48 Å². The molecular formula is C48H43BN2. The quantitative estimate of drug-likeness (QED) is 0.174. The number of para-hydroxylation sites is 1. The van der Waals surface area contributed by atoms with Crippen molar-refractivity contribution in [2.75, 3.05) is 9.80 Å². The number of hydrogen-bond donors (Lipinski definition) is 0. The standard InChI is InChI=1S/C48H43BN2/c1-47(2,32-15-7-5-8-16-32)34-25-28-36(29-26-34)50-42-30-27-35(48(3,4)33-17-9-6-10-18-33)31-40(42)49-39-21-13-20-38-37-19-11-12-22-41(37)51(46(38)39)44-24-14-23-43(50)45(44)49/h5-13,15-22,24-31,37,41H,14,23H2,1-4H3. The van der Waals surface area contributed by atoms with Crippen LogP contribution in [0.4, 0.5) is 17.1 Å². The minimum atomic E-state index is -0.143. The zero-order valence-corrected chi connectivity index (χ0v) is 30.0. The van der Waals surface area contributed by atoms with Gasteiger partial charge in [-0.3, -0.25) is 0 Å². The van der Waals surface area contributed by atoms with Gasteiger partial charge in [-0.25, -0.2) is 0 Å². The molecular weight excluding hydrogens is 615 g/mol. The summed E-state index contributed by atoms with van der Waals surface area (Å²) in [5.74, 6) is 0.372. The van der Waals surface area contributed by atoms with Crippen molar-refractivity contribution in [1.82, 2.24) is 0 Å². The van der Waals surface area contributed by atoms with Gasteiger partial charge < -0.3 is 9.80 Å². The first kappa shape index (κ1) is 30.5. The Balaban J connectivity index is 1.19. The fourth-order valence-electron chi connectivity index (χ4n) is 9.80. The monoisotopic (exact) mass is 658 g/mol. The van der Waals surface area contributed by atoms with Crippen LogP contribution in [-0.2, 0) is 10.8 Å². The zero-order chi connectivity index (χ0) is 34.5. The molecule has 0 amide bonds. The predicted molar refractivity (Wildman–Crippen MR) is 215 cm³/mol. The van der Waals surface area contributed by atoms with Gasteiger partial charge in [-0.2, -0.15) is 0 Å². The Morgan fingerprint density at radius 2 is 1.27 bits per heavy atom. The lowest BCUT2D eigenvalue weighted by molar-refractivity contribution is 0.641. The zero-order valence-electron chi connectivity index (χ0n) is 30.0. The molecule has 10 rings (SSSR count). The molecule has 2 aliphatic carbocycles. The fourth-order valence-corrected chi connectivity index (χ4v) is 9.80. The number of allylic oxidation sites excluding steroid dienone is 5. The van der Waals surface area contributed by atoms with E-state index in [-0.39, 0.29) is 17.5 Å². The second kappa shape index (κ2) is 11.1. The highest BCUT2D eigenvalue weighted by Crippen LogP contribution is 2.53. The highest BCUT2D eigenvalue weighted by atomic mass is 15.2. The summed E-state index contributed by atoms with van der Waals surface area (Å²) in [6.07, 6.45) is 13.9. The van der Waals surface area contributed by atoms with Crippen LogP contribution in [0.25, 0.3) is 0 Å². The van der Waals surface area contributed by atoms with Gasteiger partial charge in [-0.05, 0) is 75.3 Å². The second-order valence-electron chi connectivity index (χ2n) is 16.0. The van der Waals surface area contributed by atoms with Crippen molar-refractivity contribution >= 4 is 34.7 Å². The van der Waals surface area contributed by atoms with E-state index in [1.807, 2.05) is 0 Å². The van der Waals surface area contributed by atoms with Gasteiger partial charge in [-0.1, -0.05) is 161 Å². The van der Waals surface area contributed by atoms with Crippen molar-refractivity contribution in [2.24, 2.45) is 0 Å². The third-order valence-electron chi connectivity index (χ3n) is 12.7. The molecule has 51 heavy (non-hydrogen) atoms. The van der Waals surface area contributed by atoms with Crippen LogP contribution in [0.3, 0.4) is 0 Å². The van der Waals surface area contributed by atoms with Crippen molar-refractivity contribution in [3.8, 4) is 0 Å². The van der Waals surface area contributed by atoms with Crippen LogP contribution in [-0.4, -0.2) is 12.8 Å². The molecule has 5 aromatic carbocycles. The number of benzene rings is 5. The molecule has 0 spiro atoms. The molecule has 3 aliphatic heterocycles. The van der Waals surface area contributed by atoms with Crippen LogP contribution in [0.1, 0.15) is 74.3 Å². The van der Waals surface area contributed by atoms with Crippen molar-refractivity contribution in [2.45, 2.75) is 63.3 Å². The highest BCUT2D eigenvalue weighted by molar-refractivity contribution is 6.94. The van der Waals surface area contributed by atoms with Gasteiger partial charge in [0.15, 0.2) is 0 Å². The van der Waals surface area contributed by atoms with Gasteiger partial charge in [-0.15, -0.1) is 0 Å². The molecule has 0 aromatic heterocycles. The van der Waals surface area contributed by atoms with Crippen LogP contribution in [0.5, 0.6) is 0 Å². The number of nitrogens with zero attached hydrogens (tertiary/aromatic N) is 2. The van der Waals surface area contributed by atoms with E-state index in [9.17, 15) is 0 Å². The molecule has 2 atom stereocenters. The molecule has 0 saturated heterocycles. The molecule has 248 valence electrons. The Morgan fingerprint density at radius 3 is 2.00 bits per heavy atom. The summed E-state index contributed by atoms with van der Waals surface area (Å²) >= 11 is 0. The molecule has 0 fully saturated rings. The Labute approximate surface area is 303 Å². The Morgan fingerprint density at radius 1 is 0.627 bits per heavy atom. The largest absolute Gasteiger partial charge is 0.334 e. The van der Waals surface area contributed by atoms with Gasteiger partial charge in [0.2, 0.25) is 0 Å². The van der Waals surface area contributed by atoms with Gasteiger partial charge in [0.1, 0.15) is 0 Å². The van der Waals surface area contributed by atoms with Crippen LogP contribution in [0.15, 0.2) is 169 Å². The SMILES string of the molecule is CC(C)(c1ccccc1)c1ccc(N2C3=C4B(c5cc(C(C)(C)c6ccccc6)ccc52)c2cccc5c2N(C4=CCC3)C2C=CC=CC52)cc1. The van der Waals surface area contributed by atoms with E-state index < -0.39 is 0 Å². The summed E-state index contributed by atoms with van der Waals surface area (Å²) in [6.45, 7) is 9.60. The lowest BCUT2D eigenvalue weighted by Crippen LogP contribution is -2.58. The lowest BCUT2D eigenvalue weighted by Gasteiger charge is -2.48. The van der Waals surface area contributed by atoms with Crippen molar-refractivity contribution < 1.29 is 0 Å². The van der Waals surface area contributed by atoms with E-state index in [4.69, 9.17) is 0 Å². The average molecular weight is 659 g/mol. The average Bonchev–Trinajstić information content (AvgIpc) is 3.52. The first-order valence-corrected chi connectivity index (χ1v) is 18.7. The summed E-state index contributed by atoms with van der Waals surface area (Å²) in [6, 6.07) is 46.2. The number of hydrogen-bond acceptors (Lipinski definition) is 2. The van der Waals surface area contributed by atoms with Gasteiger partial charge in [0, 0.05) is 45.2 Å². The fraction of sp³-hybridized carbons (Fsp3) is 0.208. The molecule has 3 heterocycles. The normalized spacial score (nSPS) is 19.8. The molecule has 5 aromatic rings. The van der Waals surface area contributed by atoms with Crippen molar-refractivity contribution in [3.63, 3.8) is 0 Å².